The van der Waals surface area contributed by atoms with Gasteiger partial charge in [-0.25, -0.2) is 0 Å². The predicted molar refractivity (Wildman–Crippen MR) is 198 cm³/mol. The van der Waals surface area contributed by atoms with Crippen molar-refractivity contribution in [2.24, 2.45) is 0 Å². The lowest BCUT2D eigenvalue weighted by atomic mass is 9.92. The minimum absolute atomic E-state index is 0.107. The molecule has 0 bridgehead atoms. The Balaban J connectivity index is 1.56. The van der Waals surface area contributed by atoms with Gasteiger partial charge < -0.3 is 18.9 Å². The lowest BCUT2D eigenvalue weighted by Gasteiger charge is -2.26. The molecule has 2 heterocycles. The van der Waals surface area contributed by atoms with Crippen LogP contribution in [0.3, 0.4) is 0 Å². The molecule has 1 aliphatic rings. The van der Waals surface area contributed by atoms with Gasteiger partial charge in [-0.05, 0) is 131 Å². The van der Waals surface area contributed by atoms with Crippen LogP contribution in [0.5, 0.6) is 23.0 Å². The molecular weight excluding hydrogens is 735 g/mol. The number of ether oxygens (including phenoxy) is 4. The largest absolute Gasteiger partial charge is 0.497 e. The molecule has 0 radical (unpaired) electrons. The van der Waals surface area contributed by atoms with Crippen LogP contribution >= 0.6 is 22.7 Å². The van der Waals surface area contributed by atoms with Gasteiger partial charge in [0.1, 0.15) is 23.0 Å². The van der Waals surface area contributed by atoms with Crippen molar-refractivity contribution in [3.8, 4) is 64.8 Å². The quantitative estimate of drug-likeness (QED) is 0.130. The number of alkyl halides is 6. The van der Waals surface area contributed by atoms with Crippen molar-refractivity contribution in [1.29, 1.82) is 0 Å². The molecule has 0 atom stereocenters. The zero-order valence-corrected chi connectivity index (χ0v) is 30.2. The second-order valence-corrected chi connectivity index (χ2v) is 14.2. The van der Waals surface area contributed by atoms with E-state index < -0.39 is 40.0 Å². The van der Waals surface area contributed by atoms with E-state index in [1.165, 1.54) is 40.6 Å². The monoisotopic (exact) mass is 764 g/mol. The molecular formula is C41H30F6O4S2. The summed E-state index contributed by atoms with van der Waals surface area (Å²) in [7, 11) is 5.88. The van der Waals surface area contributed by atoms with Crippen LogP contribution in [0.2, 0.25) is 0 Å². The summed E-state index contributed by atoms with van der Waals surface area (Å²) < 4.78 is 119. The smallest absolute Gasteiger partial charge is 0.380 e. The topological polar surface area (TPSA) is 36.9 Å². The van der Waals surface area contributed by atoms with Crippen LogP contribution in [0, 0.1) is 0 Å². The first kappa shape index (κ1) is 36.2. The van der Waals surface area contributed by atoms with Gasteiger partial charge in [0, 0.05) is 41.8 Å². The third-order valence-electron chi connectivity index (χ3n) is 9.12. The second-order valence-electron chi connectivity index (χ2n) is 12.1. The number of hydrogen-bond acceptors (Lipinski definition) is 6. The molecule has 7 rings (SSSR count). The van der Waals surface area contributed by atoms with Crippen molar-refractivity contribution in [3.05, 3.63) is 120 Å². The van der Waals surface area contributed by atoms with Crippen LogP contribution in [0.4, 0.5) is 26.3 Å². The number of allylic oxidation sites excluding steroid dienone is 2. The zero-order valence-electron chi connectivity index (χ0n) is 28.6. The Morgan fingerprint density at radius 1 is 0.396 bits per heavy atom. The Hall–Kier alpha value is -5.20. The summed E-state index contributed by atoms with van der Waals surface area (Å²) in [6.45, 7) is 0. The van der Waals surface area contributed by atoms with Crippen molar-refractivity contribution < 1.29 is 45.3 Å². The molecule has 6 aromatic rings. The number of methoxy groups -OCH3 is 4. The number of halogens is 6. The molecule has 0 saturated carbocycles. The van der Waals surface area contributed by atoms with E-state index in [2.05, 4.69) is 0 Å². The Bertz CT molecular complexity index is 2130. The van der Waals surface area contributed by atoms with E-state index in [0.717, 1.165) is 22.7 Å². The SMILES string of the molecule is COc1ccc(-c2cc(C3=C(c4cc(-c5ccc(OC)cc5)sc4-c4ccc(OC)cc4)C(F)(F)C(F)(F)C3(F)F)c(-c3ccc(OC)cc3)s2)cc1. The molecule has 272 valence electrons. The maximum atomic E-state index is 16.5. The molecule has 53 heavy (non-hydrogen) atoms. The fraction of sp³-hybridized carbons (Fsp3) is 0.171. The van der Waals surface area contributed by atoms with Crippen molar-refractivity contribution in [1.82, 2.24) is 0 Å². The van der Waals surface area contributed by atoms with Gasteiger partial charge in [-0.2, -0.15) is 26.3 Å². The average molecular weight is 765 g/mol. The Morgan fingerprint density at radius 3 is 0.925 bits per heavy atom. The summed E-state index contributed by atoms with van der Waals surface area (Å²) in [6.07, 6.45) is 0. The Kier molecular flexibility index (Phi) is 9.32. The highest BCUT2D eigenvalue weighted by molar-refractivity contribution is 7.19. The summed E-state index contributed by atoms with van der Waals surface area (Å²) in [4.78, 5) is 1.01. The van der Waals surface area contributed by atoms with E-state index in [9.17, 15) is 0 Å². The van der Waals surface area contributed by atoms with Crippen LogP contribution in [-0.4, -0.2) is 46.2 Å². The maximum absolute atomic E-state index is 16.5. The molecule has 1 aliphatic carbocycles. The summed E-state index contributed by atoms with van der Waals surface area (Å²) in [5, 5.41) is 0. The summed E-state index contributed by atoms with van der Waals surface area (Å²) >= 11 is 2.05. The molecule has 0 amide bonds. The highest BCUT2D eigenvalue weighted by Gasteiger charge is 2.80. The minimum Gasteiger partial charge on any atom is -0.497 e. The van der Waals surface area contributed by atoms with E-state index in [4.69, 9.17) is 18.9 Å². The minimum atomic E-state index is -5.77. The average Bonchev–Trinajstić information content (AvgIpc) is 3.84. The van der Waals surface area contributed by atoms with E-state index in [-0.39, 0.29) is 9.75 Å². The highest BCUT2D eigenvalue weighted by atomic mass is 32.1. The molecule has 0 spiro atoms. The molecule has 4 nitrogen and oxygen atoms in total. The van der Waals surface area contributed by atoms with Crippen molar-refractivity contribution >= 4 is 33.8 Å². The van der Waals surface area contributed by atoms with Crippen LogP contribution in [-0.2, 0) is 0 Å². The molecule has 0 N–H and O–H groups in total. The fourth-order valence-electron chi connectivity index (χ4n) is 6.29. The van der Waals surface area contributed by atoms with Gasteiger partial charge in [0.25, 0.3) is 0 Å². The maximum Gasteiger partial charge on any atom is 0.380 e. The van der Waals surface area contributed by atoms with E-state index in [1.54, 1.807) is 97.1 Å². The third kappa shape index (κ3) is 6.03. The number of benzene rings is 4. The first-order valence-electron chi connectivity index (χ1n) is 16.1. The van der Waals surface area contributed by atoms with Crippen molar-refractivity contribution in [2.75, 3.05) is 28.4 Å². The first-order chi connectivity index (χ1) is 25.3. The summed E-state index contributed by atoms with van der Waals surface area (Å²) in [5.74, 6) is -14.4. The Labute approximate surface area is 309 Å². The van der Waals surface area contributed by atoms with Gasteiger partial charge >= 0.3 is 17.8 Å². The van der Waals surface area contributed by atoms with Crippen LogP contribution < -0.4 is 18.9 Å². The van der Waals surface area contributed by atoms with E-state index >= 15 is 26.3 Å². The lowest BCUT2D eigenvalue weighted by molar-refractivity contribution is -0.254. The van der Waals surface area contributed by atoms with Crippen molar-refractivity contribution in [2.45, 2.75) is 17.8 Å². The molecule has 4 aromatic carbocycles. The van der Waals surface area contributed by atoms with Crippen LogP contribution in [0.1, 0.15) is 11.1 Å². The predicted octanol–water partition coefficient (Wildman–Crippen LogP) is 12.3. The van der Waals surface area contributed by atoms with Crippen LogP contribution in [0.15, 0.2) is 109 Å². The van der Waals surface area contributed by atoms with Gasteiger partial charge in [0.05, 0.1) is 28.4 Å². The standard InChI is InChI=1S/C41H30F6O4S2/c1-48-27-13-5-23(6-14-27)33-21-31(37(52-33)25-9-17-29(50-3)18-10-25)35-36(40(44,45)41(46,47)39(35,42)43)32-22-34(24-7-15-28(49-2)16-8-24)53-38(32)26-11-19-30(51-4)20-12-26/h5-22H,1-4H3. The van der Waals surface area contributed by atoms with E-state index in [1.807, 2.05) is 0 Å². The molecule has 12 heteroatoms. The number of hydrogen-bond donors (Lipinski definition) is 0. The van der Waals surface area contributed by atoms with Gasteiger partial charge in [-0.1, -0.05) is 0 Å². The molecule has 0 unspecified atom stereocenters. The first-order valence-corrected chi connectivity index (χ1v) is 17.7. The third-order valence-corrected chi connectivity index (χ3v) is 11.6. The molecule has 0 saturated heterocycles. The lowest BCUT2D eigenvalue weighted by Crippen LogP contribution is -2.48. The van der Waals surface area contributed by atoms with Gasteiger partial charge in [0.15, 0.2) is 0 Å². The zero-order chi connectivity index (χ0) is 37.7. The summed E-state index contributed by atoms with van der Waals surface area (Å²) in [5.41, 5.74) is -1.93. The highest BCUT2D eigenvalue weighted by Crippen LogP contribution is 2.67. The summed E-state index contributed by atoms with van der Waals surface area (Å²) in [6, 6.07) is 28.6. The van der Waals surface area contributed by atoms with E-state index in [0.29, 0.717) is 55.0 Å². The number of thiophene rings is 2. The van der Waals surface area contributed by atoms with Gasteiger partial charge in [-0.15, -0.1) is 22.7 Å². The number of rotatable bonds is 10. The van der Waals surface area contributed by atoms with Gasteiger partial charge in [-0.3, -0.25) is 0 Å². The normalized spacial score (nSPS) is 15.7. The second kappa shape index (κ2) is 13.7. The molecule has 0 aliphatic heterocycles. The van der Waals surface area contributed by atoms with Gasteiger partial charge in [0.2, 0.25) is 0 Å². The molecule has 2 aromatic heterocycles. The Morgan fingerprint density at radius 2 is 0.660 bits per heavy atom. The van der Waals surface area contributed by atoms with Crippen molar-refractivity contribution in [3.63, 3.8) is 0 Å². The fourth-order valence-corrected chi connectivity index (χ4v) is 8.65. The molecule has 0 fully saturated rings. The van der Waals surface area contributed by atoms with Crippen LogP contribution in [0.25, 0.3) is 52.9 Å².